The maximum absolute atomic E-state index is 6.95. The minimum Gasteiger partial charge on any atom is -0.509 e. The van der Waals surface area contributed by atoms with Gasteiger partial charge in [0.05, 0.1) is 0 Å². The third-order valence-electron chi connectivity index (χ3n) is 14.4. The molecule has 2 aromatic heterocycles. The van der Waals surface area contributed by atoms with Gasteiger partial charge >= 0.3 is 0 Å². The molecule has 0 unspecified atom stereocenters. The quantitative estimate of drug-likeness (QED) is 0.135. The molecule has 11 aromatic rings. The van der Waals surface area contributed by atoms with Gasteiger partial charge in [0.1, 0.15) is 5.82 Å². The number of nitrogens with zero attached hydrogens (tertiary/aromatic N) is 4. The normalized spacial score (nSPS) is 12.5. The van der Waals surface area contributed by atoms with E-state index in [2.05, 4.69) is 276 Å². The van der Waals surface area contributed by atoms with Gasteiger partial charge in [-0.2, -0.15) is 6.07 Å². The number of hydrogen-bond acceptors (Lipinski definition) is 4. The molecule has 0 fully saturated rings. The number of para-hydroxylation sites is 4. The molecule has 75 heavy (non-hydrogen) atoms. The maximum Gasteiger partial charge on any atom is 0.135 e. The van der Waals surface area contributed by atoms with Crippen LogP contribution < -0.4 is 14.5 Å². The first-order valence-corrected chi connectivity index (χ1v) is 25.5. The summed E-state index contributed by atoms with van der Waals surface area (Å²) in [5.41, 5.74) is 18.6. The Hall–Kier alpha value is -7.98. The molecule has 0 N–H and O–H groups in total. The average molecular weight is 1150 g/mol. The van der Waals surface area contributed by atoms with Crippen LogP contribution in [0.15, 0.2) is 212 Å². The van der Waals surface area contributed by atoms with E-state index in [0.29, 0.717) is 11.5 Å². The number of pyridine rings is 1. The Morgan fingerprint density at radius 3 is 1.77 bits per heavy atom. The largest absolute Gasteiger partial charge is 0.509 e. The van der Waals surface area contributed by atoms with Crippen LogP contribution >= 0.6 is 0 Å². The standard InChI is InChI=1S/C69H57N4O.Pt/c1-46-38-66(70-44-61(46)48-22-12-9-13-23-48)73-62-29-15-14-26-59(62)60-37-36-55(43-65(60)73)74-56-41-53(69(5,6)7)40-54(42-56)71-45-72(64-31-17-16-30-63(64)71)67-57(49-32-34-52(35-33-49)68(2,3)4)27-19-28-58(67)51-25-18-24-50(39-51)47-20-10-8-11-21-47;/h8-41,44-45H,1-7H3;/q-3;. The molecule has 0 amide bonds. The molecule has 12 rings (SSSR count). The third-order valence-corrected chi connectivity index (χ3v) is 14.4. The molecule has 1 aliphatic rings. The van der Waals surface area contributed by atoms with Crippen LogP contribution in [0.3, 0.4) is 0 Å². The Kier molecular flexibility index (Phi) is 12.9. The average Bonchev–Trinajstić information content (AvgIpc) is 3.98. The van der Waals surface area contributed by atoms with E-state index in [1.807, 2.05) is 18.3 Å². The summed E-state index contributed by atoms with van der Waals surface area (Å²) in [5.74, 6) is 2.02. The van der Waals surface area contributed by atoms with Gasteiger partial charge in [-0.1, -0.05) is 199 Å². The topological polar surface area (TPSA) is 33.5 Å². The molecule has 6 heteroatoms. The van der Waals surface area contributed by atoms with Crippen molar-refractivity contribution in [3.05, 3.63) is 248 Å². The number of ether oxygens (including phenoxy) is 1. The fourth-order valence-electron chi connectivity index (χ4n) is 10.4. The molecule has 0 bridgehead atoms. The number of aryl methyl sites for hydroxylation is 1. The fourth-order valence-corrected chi connectivity index (χ4v) is 10.4. The molecular weight excluding hydrogens is 1100 g/mol. The van der Waals surface area contributed by atoms with Crippen molar-refractivity contribution in [1.82, 2.24) is 9.55 Å². The Morgan fingerprint density at radius 1 is 0.467 bits per heavy atom. The van der Waals surface area contributed by atoms with Gasteiger partial charge in [0.2, 0.25) is 0 Å². The van der Waals surface area contributed by atoms with Gasteiger partial charge in [-0.3, -0.25) is 0 Å². The first-order chi connectivity index (χ1) is 35.9. The Balaban J connectivity index is 0.00000602. The van der Waals surface area contributed by atoms with Crippen molar-refractivity contribution in [2.45, 2.75) is 59.3 Å². The van der Waals surface area contributed by atoms with Crippen LogP contribution in [0.5, 0.6) is 11.5 Å². The molecule has 0 radical (unpaired) electrons. The summed E-state index contributed by atoms with van der Waals surface area (Å²) < 4.78 is 9.15. The summed E-state index contributed by atoms with van der Waals surface area (Å²) >= 11 is 0. The molecular formula is C69H57N4OPt-3. The van der Waals surface area contributed by atoms with Crippen LogP contribution in [0.2, 0.25) is 0 Å². The van der Waals surface area contributed by atoms with Gasteiger partial charge in [0, 0.05) is 78.0 Å². The Labute approximate surface area is 456 Å². The molecule has 0 saturated carbocycles. The molecule has 3 heterocycles. The van der Waals surface area contributed by atoms with E-state index < -0.39 is 0 Å². The van der Waals surface area contributed by atoms with Crippen LogP contribution in [0.25, 0.3) is 72.1 Å². The van der Waals surface area contributed by atoms with E-state index >= 15 is 0 Å². The predicted molar refractivity (Wildman–Crippen MR) is 308 cm³/mol. The van der Waals surface area contributed by atoms with E-state index in [0.717, 1.165) is 94.9 Å². The van der Waals surface area contributed by atoms with Crippen molar-refractivity contribution < 1.29 is 25.8 Å². The molecule has 9 aromatic carbocycles. The van der Waals surface area contributed by atoms with Crippen molar-refractivity contribution in [3.63, 3.8) is 0 Å². The van der Waals surface area contributed by atoms with E-state index in [9.17, 15) is 0 Å². The summed E-state index contributed by atoms with van der Waals surface area (Å²) in [5, 5.41) is 2.21. The van der Waals surface area contributed by atoms with Crippen molar-refractivity contribution in [3.8, 4) is 61.8 Å². The zero-order valence-corrected chi connectivity index (χ0v) is 45.6. The zero-order chi connectivity index (χ0) is 50.7. The van der Waals surface area contributed by atoms with Gasteiger partial charge in [-0.05, 0) is 92.4 Å². The van der Waals surface area contributed by atoms with Crippen LogP contribution in [-0.2, 0) is 31.9 Å². The van der Waals surface area contributed by atoms with Crippen molar-refractivity contribution in [2.75, 3.05) is 9.80 Å². The number of rotatable bonds is 9. The minimum absolute atomic E-state index is 0. The maximum atomic E-state index is 6.95. The SMILES string of the molecule is Cc1cc(-n2c3[c-]c(Oc4[c-]c(N5[CH-]N(c6c(-c7ccc(C(C)(C)C)cc7)cccc6-c6cccc(-c7ccccc7)c6)c6ccccc65)cc(C(C)(C)C)c4)ccc3c3ccccc32)ncc1-c1ccccc1.[Pt]. The second kappa shape index (κ2) is 19.7. The molecule has 0 aliphatic carbocycles. The monoisotopic (exact) mass is 1150 g/mol. The fraction of sp³-hybridized carbons (Fsp3) is 0.130. The summed E-state index contributed by atoms with van der Waals surface area (Å²) in [6.45, 7) is 17.9. The third kappa shape index (κ3) is 9.36. The zero-order valence-electron chi connectivity index (χ0n) is 43.3. The first kappa shape index (κ1) is 49.2. The minimum atomic E-state index is -0.209. The van der Waals surface area contributed by atoms with Gasteiger partial charge in [-0.15, -0.1) is 53.6 Å². The summed E-state index contributed by atoms with van der Waals surface area (Å²) in [6.07, 6.45) is 1.98. The molecule has 5 nitrogen and oxygen atoms in total. The number of anilines is 4. The van der Waals surface area contributed by atoms with E-state index in [1.54, 1.807) is 0 Å². The van der Waals surface area contributed by atoms with Gasteiger partial charge < -0.3 is 19.1 Å². The van der Waals surface area contributed by atoms with Crippen molar-refractivity contribution in [1.29, 1.82) is 0 Å². The summed E-state index contributed by atoms with van der Waals surface area (Å²) in [4.78, 5) is 9.70. The first-order valence-electron chi connectivity index (χ1n) is 25.5. The Bertz CT molecular complexity index is 3880. The predicted octanol–water partition coefficient (Wildman–Crippen LogP) is 18.5. The molecule has 0 atom stereocenters. The van der Waals surface area contributed by atoms with Crippen LogP contribution in [0.1, 0.15) is 58.2 Å². The second-order valence-corrected chi connectivity index (χ2v) is 21.5. The molecule has 0 spiro atoms. The van der Waals surface area contributed by atoms with E-state index in [4.69, 9.17) is 9.72 Å². The summed E-state index contributed by atoms with van der Waals surface area (Å²) in [6, 6.07) is 81.1. The molecule has 372 valence electrons. The second-order valence-electron chi connectivity index (χ2n) is 21.5. The van der Waals surface area contributed by atoms with Gasteiger partial charge in [0.25, 0.3) is 0 Å². The van der Waals surface area contributed by atoms with Gasteiger partial charge in [-0.25, -0.2) is 4.98 Å². The Morgan fingerprint density at radius 2 is 1.07 bits per heavy atom. The van der Waals surface area contributed by atoms with Crippen LogP contribution in [-0.4, -0.2) is 9.55 Å². The smallest absolute Gasteiger partial charge is 0.135 e. The number of benzene rings is 9. The number of fused-ring (bicyclic) bond motifs is 4. The van der Waals surface area contributed by atoms with Crippen LogP contribution in [0, 0.1) is 25.7 Å². The molecule has 1 aliphatic heterocycles. The number of aromatic nitrogens is 2. The van der Waals surface area contributed by atoms with Crippen molar-refractivity contribution in [2.24, 2.45) is 0 Å². The molecule has 0 saturated heterocycles. The number of hydrogen-bond donors (Lipinski definition) is 0. The summed E-state index contributed by atoms with van der Waals surface area (Å²) in [7, 11) is 0. The van der Waals surface area contributed by atoms with E-state index in [-0.39, 0.29) is 31.9 Å². The van der Waals surface area contributed by atoms with Crippen molar-refractivity contribution >= 4 is 44.6 Å². The van der Waals surface area contributed by atoms with Crippen LogP contribution in [0.4, 0.5) is 22.7 Å². The van der Waals surface area contributed by atoms with E-state index in [1.165, 1.54) is 16.7 Å². The van der Waals surface area contributed by atoms with Gasteiger partial charge in [0.15, 0.2) is 0 Å².